The molecule has 1 aromatic carbocycles. The highest BCUT2D eigenvalue weighted by Gasteiger charge is 2.22. The largest absolute Gasteiger partial charge is 0.344 e. The minimum atomic E-state index is -0.716. The van der Waals surface area contributed by atoms with Crippen LogP contribution in [-0.4, -0.2) is 28.8 Å². The van der Waals surface area contributed by atoms with Gasteiger partial charge in [0.25, 0.3) is 0 Å². The van der Waals surface area contributed by atoms with Crippen LogP contribution in [0, 0.1) is 11.6 Å². The number of urea groups is 1. The standard InChI is InChI=1S/C15H17F2N5OS/c1-9-4-2-3-7-22(9)15-21-20-14(24-15)19-13(23)18-12-8-10(16)5-6-11(12)17/h5-6,8-9H,2-4,7H2,1H3,(H2,18,19,20,23). The molecule has 2 aromatic rings. The smallest absolute Gasteiger partial charge is 0.325 e. The van der Waals surface area contributed by atoms with Gasteiger partial charge in [0.1, 0.15) is 11.6 Å². The minimum Gasteiger partial charge on any atom is -0.344 e. The van der Waals surface area contributed by atoms with Gasteiger partial charge in [-0.1, -0.05) is 11.3 Å². The van der Waals surface area contributed by atoms with Gasteiger partial charge < -0.3 is 10.2 Å². The van der Waals surface area contributed by atoms with Gasteiger partial charge in [-0.3, -0.25) is 5.32 Å². The summed E-state index contributed by atoms with van der Waals surface area (Å²) in [6, 6.07) is 2.53. The number of hydrogen-bond acceptors (Lipinski definition) is 5. The summed E-state index contributed by atoms with van der Waals surface area (Å²) in [5.41, 5.74) is -0.234. The van der Waals surface area contributed by atoms with Crippen molar-refractivity contribution in [2.24, 2.45) is 0 Å². The molecule has 9 heteroatoms. The average molecular weight is 353 g/mol. The van der Waals surface area contributed by atoms with Crippen molar-refractivity contribution in [2.45, 2.75) is 32.2 Å². The number of amides is 2. The van der Waals surface area contributed by atoms with E-state index < -0.39 is 17.7 Å². The highest BCUT2D eigenvalue weighted by molar-refractivity contribution is 7.19. The second kappa shape index (κ2) is 7.08. The quantitative estimate of drug-likeness (QED) is 0.880. The molecule has 1 saturated heterocycles. The van der Waals surface area contributed by atoms with Crippen molar-refractivity contribution in [2.75, 3.05) is 22.1 Å². The third-order valence-electron chi connectivity index (χ3n) is 3.86. The molecule has 1 fully saturated rings. The highest BCUT2D eigenvalue weighted by atomic mass is 32.1. The number of carbonyl (C=O) groups is 1. The van der Waals surface area contributed by atoms with Crippen molar-refractivity contribution < 1.29 is 13.6 Å². The molecule has 6 nitrogen and oxygen atoms in total. The van der Waals surface area contributed by atoms with Crippen LogP contribution in [-0.2, 0) is 0 Å². The third-order valence-corrected chi connectivity index (χ3v) is 4.74. The number of carbonyl (C=O) groups excluding carboxylic acids is 1. The zero-order chi connectivity index (χ0) is 17.1. The summed E-state index contributed by atoms with van der Waals surface area (Å²) < 4.78 is 26.6. The van der Waals surface area contributed by atoms with Crippen molar-refractivity contribution in [1.29, 1.82) is 0 Å². The molecule has 0 aliphatic carbocycles. The molecule has 24 heavy (non-hydrogen) atoms. The summed E-state index contributed by atoms with van der Waals surface area (Å²) >= 11 is 1.25. The van der Waals surface area contributed by atoms with Crippen LogP contribution in [0.4, 0.5) is 29.5 Å². The average Bonchev–Trinajstić information content (AvgIpc) is 2.99. The van der Waals surface area contributed by atoms with Crippen LogP contribution in [0.15, 0.2) is 18.2 Å². The van der Waals surface area contributed by atoms with Gasteiger partial charge in [0.2, 0.25) is 10.3 Å². The first-order chi connectivity index (χ1) is 11.5. The number of piperidine rings is 1. The second-order valence-electron chi connectivity index (χ2n) is 5.63. The number of nitrogens with one attached hydrogen (secondary N) is 2. The molecule has 0 saturated carbocycles. The van der Waals surface area contributed by atoms with Crippen LogP contribution >= 0.6 is 11.3 Å². The third kappa shape index (κ3) is 3.78. The number of nitrogens with zero attached hydrogens (tertiary/aromatic N) is 3. The van der Waals surface area contributed by atoms with Gasteiger partial charge in [-0.05, 0) is 38.3 Å². The molecule has 0 spiro atoms. The SMILES string of the molecule is CC1CCCCN1c1nnc(NC(=O)Nc2cc(F)ccc2F)s1. The maximum absolute atomic E-state index is 13.5. The molecule has 1 atom stereocenters. The molecule has 0 bridgehead atoms. The van der Waals surface area contributed by atoms with E-state index in [1.54, 1.807) is 0 Å². The monoisotopic (exact) mass is 353 g/mol. The van der Waals surface area contributed by atoms with Crippen LogP contribution in [0.5, 0.6) is 0 Å². The van der Waals surface area contributed by atoms with Crippen molar-refractivity contribution in [3.63, 3.8) is 0 Å². The lowest BCUT2D eigenvalue weighted by Gasteiger charge is -2.32. The molecule has 2 amide bonds. The Balaban J connectivity index is 1.64. The molecule has 2 N–H and O–H groups in total. The summed E-state index contributed by atoms with van der Waals surface area (Å²) in [6.07, 6.45) is 3.40. The van der Waals surface area contributed by atoms with E-state index in [9.17, 15) is 13.6 Å². The van der Waals surface area contributed by atoms with Crippen LogP contribution < -0.4 is 15.5 Å². The number of anilines is 3. The molecule has 0 radical (unpaired) electrons. The van der Waals surface area contributed by atoms with E-state index in [1.165, 1.54) is 17.8 Å². The molecular weight excluding hydrogens is 336 g/mol. The van der Waals surface area contributed by atoms with Gasteiger partial charge in [0, 0.05) is 18.7 Å². The van der Waals surface area contributed by atoms with E-state index in [4.69, 9.17) is 0 Å². The summed E-state index contributed by atoms with van der Waals surface area (Å²) in [6.45, 7) is 3.05. The fraction of sp³-hybridized carbons (Fsp3) is 0.400. The molecule has 2 heterocycles. The molecule has 128 valence electrons. The number of rotatable bonds is 3. The maximum atomic E-state index is 13.5. The Morgan fingerprint density at radius 2 is 2.12 bits per heavy atom. The van der Waals surface area contributed by atoms with Crippen molar-refractivity contribution in [3.05, 3.63) is 29.8 Å². The van der Waals surface area contributed by atoms with Crippen LogP contribution in [0.1, 0.15) is 26.2 Å². The molecule has 1 aliphatic heterocycles. The molecule has 1 aromatic heterocycles. The number of halogens is 2. The van der Waals surface area contributed by atoms with Crippen LogP contribution in [0.3, 0.4) is 0 Å². The summed E-state index contributed by atoms with van der Waals surface area (Å²) in [5, 5.41) is 13.8. The van der Waals surface area contributed by atoms with E-state index >= 15 is 0 Å². The van der Waals surface area contributed by atoms with Gasteiger partial charge in [-0.15, -0.1) is 10.2 Å². The van der Waals surface area contributed by atoms with E-state index in [1.807, 2.05) is 0 Å². The zero-order valence-corrected chi connectivity index (χ0v) is 13.9. The van der Waals surface area contributed by atoms with Gasteiger partial charge in [0.05, 0.1) is 5.69 Å². The Bertz CT molecular complexity index is 738. The Hall–Kier alpha value is -2.29. The van der Waals surface area contributed by atoms with E-state index in [2.05, 4.69) is 32.7 Å². The zero-order valence-electron chi connectivity index (χ0n) is 13.1. The second-order valence-corrected chi connectivity index (χ2v) is 6.59. The van der Waals surface area contributed by atoms with E-state index in [-0.39, 0.29) is 5.69 Å². The predicted molar refractivity (Wildman–Crippen MR) is 89.6 cm³/mol. The molecule has 1 aliphatic rings. The van der Waals surface area contributed by atoms with Gasteiger partial charge >= 0.3 is 6.03 Å². The lowest BCUT2D eigenvalue weighted by molar-refractivity contribution is 0.262. The molecule has 3 rings (SSSR count). The summed E-state index contributed by atoms with van der Waals surface area (Å²) in [5.74, 6) is -1.35. The first kappa shape index (κ1) is 16.6. The number of hydrogen-bond donors (Lipinski definition) is 2. The van der Waals surface area contributed by atoms with Crippen LogP contribution in [0.25, 0.3) is 0 Å². The Kier molecular flexibility index (Phi) is 4.89. The van der Waals surface area contributed by atoms with Crippen molar-refractivity contribution in [3.8, 4) is 0 Å². The van der Waals surface area contributed by atoms with Gasteiger partial charge in [-0.2, -0.15) is 0 Å². The topological polar surface area (TPSA) is 70.2 Å². The number of benzene rings is 1. The fourth-order valence-corrected chi connectivity index (χ4v) is 3.48. The predicted octanol–water partition coefficient (Wildman–Crippen LogP) is 3.84. The van der Waals surface area contributed by atoms with Gasteiger partial charge in [0.15, 0.2) is 0 Å². The van der Waals surface area contributed by atoms with Gasteiger partial charge in [-0.25, -0.2) is 13.6 Å². The normalized spacial score (nSPS) is 17.6. The molecule has 1 unspecified atom stereocenters. The van der Waals surface area contributed by atoms with Crippen molar-refractivity contribution >= 4 is 33.3 Å². The Morgan fingerprint density at radius 3 is 2.92 bits per heavy atom. The first-order valence-corrected chi connectivity index (χ1v) is 8.48. The molecular formula is C15H17F2N5OS. The summed E-state index contributed by atoms with van der Waals surface area (Å²) in [7, 11) is 0. The van der Waals surface area contributed by atoms with E-state index in [0.29, 0.717) is 11.2 Å². The van der Waals surface area contributed by atoms with E-state index in [0.717, 1.165) is 42.7 Å². The summed E-state index contributed by atoms with van der Waals surface area (Å²) in [4.78, 5) is 14.1. The lowest BCUT2D eigenvalue weighted by Crippen LogP contribution is -2.37. The fourth-order valence-electron chi connectivity index (χ4n) is 2.61. The highest BCUT2D eigenvalue weighted by Crippen LogP contribution is 2.29. The number of aromatic nitrogens is 2. The first-order valence-electron chi connectivity index (χ1n) is 7.66. The van der Waals surface area contributed by atoms with Crippen molar-refractivity contribution in [1.82, 2.24) is 10.2 Å². The minimum absolute atomic E-state index is 0.234. The maximum Gasteiger partial charge on any atom is 0.325 e. The lowest BCUT2D eigenvalue weighted by atomic mass is 10.1. The Labute approximate surface area is 141 Å². The van der Waals surface area contributed by atoms with Crippen LogP contribution in [0.2, 0.25) is 0 Å². The Morgan fingerprint density at radius 1 is 1.29 bits per heavy atom.